The van der Waals surface area contributed by atoms with Crippen LogP contribution >= 0.6 is 0 Å². The van der Waals surface area contributed by atoms with E-state index in [0.29, 0.717) is 18.9 Å². The van der Waals surface area contributed by atoms with Gasteiger partial charge in [0.2, 0.25) is 11.8 Å². The molecule has 2 N–H and O–H groups in total. The summed E-state index contributed by atoms with van der Waals surface area (Å²) < 4.78 is 0. The number of rotatable bonds is 7. The first-order valence-electron chi connectivity index (χ1n) is 8.13. The van der Waals surface area contributed by atoms with Crippen LogP contribution in [0.2, 0.25) is 0 Å². The number of amides is 2. The summed E-state index contributed by atoms with van der Waals surface area (Å²) in [5.74, 6) is 0.397. The molecule has 0 aromatic carbocycles. The molecule has 1 aliphatic carbocycles. The van der Waals surface area contributed by atoms with Crippen LogP contribution in [0.5, 0.6) is 0 Å². The lowest BCUT2D eigenvalue weighted by atomic mass is 9.87. The van der Waals surface area contributed by atoms with E-state index < -0.39 is 6.04 Å². The van der Waals surface area contributed by atoms with E-state index in [2.05, 4.69) is 10.6 Å². The fraction of sp³-hybridized carbons (Fsp3) is 0.875. The van der Waals surface area contributed by atoms with E-state index in [4.69, 9.17) is 0 Å². The van der Waals surface area contributed by atoms with Crippen LogP contribution in [0, 0.1) is 5.92 Å². The summed E-state index contributed by atoms with van der Waals surface area (Å²) in [6.07, 6.45) is 6.61. The second-order valence-electron chi connectivity index (χ2n) is 6.56. The Balaban J connectivity index is 2.25. The van der Waals surface area contributed by atoms with E-state index in [-0.39, 0.29) is 17.9 Å². The lowest BCUT2D eigenvalue weighted by Gasteiger charge is -2.23. The van der Waals surface area contributed by atoms with Crippen LogP contribution in [0.1, 0.15) is 52.4 Å². The topological polar surface area (TPSA) is 61.4 Å². The lowest BCUT2D eigenvalue weighted by Crippen LogP contribution is -2.48. The molecule has 0 heterocycles. The van der Waals surface area contributed by atoms with Crippen LogP contribution in [0.15, 0.2) is 0 Å². The Morgan fingerprint density at radius 3 is 2.33 bits per heavy atom. The van der Waals surface area contributed by atoms with Crippen molar-refractivity contribution in [3.05, 3.63) is 0 Å². The molecule has 1 rings (SSSR count). The third-order valence-electron chi connectivity index (χ3n) is 4.42. The zero-order valence-electron chi connectivity index (χ0n) is 13.9. The molecular formula is C16H31N3O2. The van der Waals surface area contributed by atoms with E-state index in [1.807, 2.05) is 25.9 Å². The van der Waals surface area contributed by atoms with Gasteiger partial charge in [-0.1, -0.05) is 19.3 Å². The smallest absolute Gasteiger partial charge is 0.242 e. The van der Waals surface area contributed by atoms with Gasteiger partial charge in [-0.05, 0) is 46.7 Å². The van der Waals surface area contributed by atoms with Gasteiger partial charge in [0.1, 0.15) is 6.04 Å². The van der Waals surface area contributed by atoms with Crippen LogP contribution in [0.4, 0.5) is 0 Å². The molecule has 1 fully saturated rings. The molecule has 0 bridgehead atoms. The van der Waals surface area contributed by atoms with E-state index in [0.717, 1.165) is 12.8 Å². The van der Waals surface area contributed by atoms with Crippen LogP contribution in [0.3, 0.4) is 0 Å². The number of likely N-dealkylation sites (N-methyl/N-ethyl adjacent to an activating group) is 1. The summed E-state index contributed by atoms with van der Waals surface area (Å²) in [6, 6.07) is -0.186. The first-order chi connectivity index (χ1) is 9.90. The van der Waals surface area contributed by atoms with Crippen molar-refractivity contribution >= 4 is 11.8 Å². The molecule has 0 aromatic rings. The Kier molecular flexibility index (Phi) is 7.72. The van der Waals surface area contributed by atoms with Gasteiger partial charge in [0.15, 0.2) is 0 Å². The summed E-state index contributed by atoms with van der Waals surface area (Å²) in [7, 11) is 3.96. The highest BCUT2D eigenvalue weighted by molar-refractivity contribution is 5.87. The third-order valence-corrected chi connectivity index (χ3v) is 4.42. The summed E-state index contributed by atoms with van der Waals surface area (Å²) in [5.41, 5.74) is 0. The first-order valence-corrected chi connectivity index (χ1v) is 8.13. The van der Waals surface area contributed by atoms with Gasteiger partial charge in [0.05, 0.1) is 0 Å². The standard InChI is InChI=1S/C16H31N3O2/c1-12(19(3)4)11-17-16(21)13(2)18-15(20)10-14-8-6-5-7-9-14/h12-14H,5-11H2,1-4H3,(H,17,21)(H,18,20). The van der Waals surface area contributed by atoms with Crippen molar-refractivity contribution in [2.75, 3.05) is 20.6 Å². The third kappa shape index (κ3) is 6.93. The molecule has 5 nitrogen and oxygen atoms in total. The van der Waals surface area contributed by atoms with Gasteiger partial charge in [-0.25, -0.2) is 0 Å². The van der Waals surface area contributed by atoms with Crippen LogP contribution in [-0.2, 0) is 9.59 Å². The van der Waals surface area contributed by atoms with Crippen LogP contribution < -0.4 is 10.6 Å². The maximum atomic E-state index is 12.0. The fourth-order valence-electron chi connectivity index (χ4n) is 2.60. The van der Waals surface area contributed by atoms with Gasteiger partial charge in [0.25, 0.3) is 0 Å². The highest BCUT2D eigenvalue weighted by Crippen LogP contribution is 2.26. The van der Waals surface area contributed by atoms with E-state index >= 15 is 0 Å². The Bertz CT molecular complexity index is 338. The summed E-state index contributed by atoms with van der Waals surface area (Å²) in [6.45, 7) is 4.38. The first kappa shape index (κ1) is 18.0. The highest BCUT2D eigenvalue weighted by Gasteiger charge is 2.20. The minimum atomic E-state index is -0.463. The molecule has 0 radical (unpaired) electrons. The Morgan fingerprint density at radius 1 is 1.14 bits per heavy atom. The Labute approximate surface area is 128 Å². The molecule has 1 saturated carbocycles. The molecule has 0 saturated heterocycles. The number of nitrogens with zero attached hydrogens (tertiary/aromatic N) is 1. The average molecular weight is 297 g/mol. The maximum Gasteiger partial charge on any atom is 0.242 e. The largest absolute Gasteiger partial charge is 0.353 e. The number of hydrogen-bond donors (Lipinski definition) is 2. The van der Waals surface area contributed by atoms with Crippen molar-refractivity contribution in [2.45, 2.75) is 64.5 Å². The van der Waals surface area contributed by atoms with Crippen molar-refractivity contribution < 1.29 is 9.59 Å². The zero-order chi connectivity index (χ0) is 15.8. The summed E-state index contributed by atoms with van der Waals surface area (Å²) in [5, 5.41) is 5.69. The predicted molar refractivity (Wildman–Crippen MR) is 85.0 cm³/mol. The van der Waals surface area contributed by atoms with Crippen molar-refractivity contribution in [3.63, 3.8) is 0 Å². The molecule has 1 aliphatic rings. The number of hydrogen-bond acceptors (Lipinski definition) is 3. The van der Waals surface area contributed by atoms with Crippen LogP contribution in [-0.4, -0.2) is 49.4 Å². The molecule has 2 atom stereocenters. The normalized spacial score (nSPS) is 19.1. The second-order valence-corrected chi connectivity index (χ2v) is 6.56. The second kappa shape index (κ2) is 9.03. The Morgan fingerprint density at radius 2 is 1.76 bits per heavy atom. The molecule has 2 amide bonds. The monoisotopic (exact) mass is 297 g/mol. The zero-order valence-corrected chi connectivity index (χ0v) is 13.9. The summed E-state index contributed by atoms with van der Waals surface area (Å²) in [4.78, 5) is 26.0. The van der Waals surface area contributed by atoms with Crippen molar-refractivity contribution in [3.8, 4) is 0 Å². The van der Waals surface area contributed by atoms with E-state index in [1.54, 1.807) is 6.92 Å². The Hall–Kier alpha value is -1.10. The van der Waals surface area contributed by atoms with Gasteiger partial charge in [-0.3, -0.25) is 9.59 Å². The van der Waals surface area contributed by atoms with Gasteiger partial charge >= 0.3 is 0 Å². The van der Waals surface area contributed by atoms with Gasteiger partial charge in [-0.2, -0.15) is 0 Å². The number of carbonyl (C=O) groups is 2. The lowest BCUT2D eigenvalue weighted by molar-refractivity contribution is -0.129. The fourth-order valence-corrected chi connectivity index (χ4v) is 2.60. The molecule has 0 spiro atoms. The van der Waals surface area contributed by atoms with E-state index in [1.165, 1.54) is 19.3 Å². The van der Waals surface area contributed by atoms with Gasteiger partial charge < -0.3 is 15.5 Å². The minimum absolute atomic E-state index is 0.00482. The number of nitrogens with one attached hydrogen (secondary N) is 2. The maximum absolute atomic E-state index is 12.0. The SMILES string of the molecule is CC(NC(=O)CC1CCCCC1)C(=O)NCC(C)N(C)C. The average Bonchev–Trinajstić information content (AvgIpc) is 2.44. The number of carbonyl (C=O) groups excluding carboxylic acids is 2. The minimum Gasteiger partial charge on any atom is -0.353 e. The van der Waals surface area contributed by atoms with E-state index in [9.17, 15) is 9.59 Å². The molecule has 5 heteroatoms. The van der Waals surface area contributed by atoms with Crippen molar-refractivity contribution in [1.29, 1.82) is 0 Å². The molecule has 21 heavy (non-hydrogen) atoms. The quantitative estimate of drug-likeness (QED) is 0.749. The molecule has 122 valence electrons. The van der Waals surface area contributed by atoms with Crippen molar-refractivity contribution in [2.24, 2.45) is 5.92 Å². The van der Waals surface area contributed by atoms with Gasteiger partial charge in [-0.15, -0.1) is 0 Å². The summed E-state index contributed by atoms with van der Waals surface area (Å²) >= 11 is 0. The highest BCUT2D eigenvalue weighted by atomic mass is 16.2. The molecule has 2 unspecified atom stereocenters. The molecular weight excluding hydrogens is 266 g/mol. The van der Waals surface area contributed by atoms with Crippen molar-refractivity contribution in [1.82, 2.24) is 15.5 Å². The molecule has 0 aromatic heterocycles. The van der Waals surface area contributed by atoms with Gasteiger partial charge in [0, 0.05) is 19.0 Å². The van der Waals surface area contributed by atoms with Crippen LogP contribution in [0.25, 0.3) is 0 Å². The predicted octanol–water partition coefficient (Wildman–Crippen LogP) is 1.53. The molecule has 0 aliphatic heterocycles.